The van der Waals surface area contributed by atoms with Gasteiger partial charge in [-0.05, 0) is 0 Å². The van der Waals surface area contributed by atoms with E-state index in [-0.39, 0.29) is 39.5 Å². The van der Waals surface area contributed by atoms with E-state index in [4.69, 9.17) is 15.3 Å². The fraction of sp³-hybridized carbons (Fsp3) is 0.750. The van der Waals surface area contributed by atoms with Crippen LogP contribution in [0.2, 0.25) is 0 Å². The maximum absolute atomic E-state index is 11.4. The number of hydrogen-bond donors (Lipinski definition) is 5. The Morgan fingerprint density at radius 1 is 0.875 bits per heavy atom. The molecule has 0 bridgehead atoms. The first-order valence-corrected chi connectivity index (χ1v) is 4.83. The molecule has 0 aromatic rings. The number of rotatable bonds is 6. The molecule has 94 valence electrons. The molecule has 0 aliphatic carbocycles. The van der Waals surface area contributed by atoms with Gasteiger partial charge in [-0.2, -0.15) is 0 Å². The predicted octanol–water partition coefficient (Wildman–Crippen LogP) is -2.32. The maximum atomic E-state index is 11.4. The average Bonchev–Trinajstić information content (AvgIpc) is 2.29. The van der Waals surface area contributed by atoms with Crippen molar-refractivity contribution in [2.75, 3.05) is 39.5 Å². The molecule has 0 atom stereocenters. The molecule has 5 N–H and O–H groups in total. The standard InChI is InChI=1S/C8H17N3O5/c12-4-1-9-7(15)11(3-6-14)8(16)10-2-5-13/h12-14H,1-6H2,(H,9,15)(H,10,16). The molecule has 16 heavy (non-hydrogen) atoms. The van der Waals surface area contributed by atoms with Gasteiger partial charge in [0.2, 0.25) is 0 Å². The summed E-state index contributed by atoms with van der Waals surface area (Å²) < 4.78 is 0. The van der Waals surface area contributed by atoms with Crippen molar-refractivity contribution in [2.45, 2.75) is 0 Å². The van der Waals surface area contributed by atoms with E-state index in [1.54, 1.807) is 0 Å². The lowest BCUT2D eigenvalue weighted by atomic mass is 10.5. The monoisotopic (exact) mass is 235 g/mol. The van der Waals surface area contributed by atoms with Gasteiger partial charge in [0, 0.05) is 13.1 Å². The first kappa shape index (κ1) is 14.6. The molecule has 0 unspecified atom stereocenters. The van der Waals surface area contributed by atoms with Crippen LogP contribution in [0.3, 0.4) is 0 Å². The number of urea groups is 2. The van der Waals surface area contributed by atoms with E-state index < -0.39 is 12.1 Å². The lowest BCUT2D eigenvalue weighted by Gasteiger charge is -2.20. The smallest absolute Gasteiger partial charge is 0.325 e. The third-order valence-electron chi connectivity index (χ3n) is 1.59. The van der Waals surface area contributed by atoms with Crippen LogP contribution >= 0.6 is 0 Å². The summed E-state index contributed by atoms with van der Waals surface area (Å²) in [4.78, 5) is 23.5. The molecule has 0 aliphatic rings. The van der Waals surface area contributed by atoms with Crippen LogP contribution in [0.5, 0.6) is 0 Å². The fourth-order valence-corrected chi connectivity index (χ4v) is 0.912. The van der Waals surface area contributed by atoms with Crippen LogP contribution in [0.1, 0.15) is 0 Å². The first-order valence-electron chi connectivity index (χ1n) is 4.83. The number of carbonyl (C=O) groups is 2. The van der Waals surface area contributed by atoms with Gasteiger partial charge in [0.15, 0.2) is 0 Å². The minimum atomic E-state index is -0.710. The Labute approximate surface area is 92.9 Å². The average molecular weight is 235 g/mol. The second-order valence-corrected chi connectivity index (χ2v) is 2.79. The molecule has 0 heterocycles. The Kier molecular flexibility index (Phi) is 8.12. The second kappa shape index (κ2) is 8.89. The third-order valence-corrected chi connectivity index (χ3v) is 1.59. The predicted molar refractivity (Wildman–Crippen MR) is 54.8 cm³/mol. The number of amides is 4. The third kappa shape index (κ3) is 5.49. The van der Waals surface area contributed by atoms with Gasteiger partial charge in [-0.25, -0.2) is 14.5 Å². The van der Waals surface area contributed by atoms with Gasteiger partial charge < -0.3 is 26.0 Å². The number of aliphatic hydroxyl groups is 3. The zero-order valence-electron chi connectivity index (χ0n) is 8.85. The second-order valence-electron chi connectivity index (χ2n) is 2.79. The molecule has 0 aliphatic heterocycles. The lowest BCUT2D eigenvalue weighted by molar-refractivity contribution is 0.167. The summed E-state index contributed by atoms with van der Waals surface area (Å²) in [7, 11) is 0. The minimum absolute atomic E-state index is 0.0219. The zero-order chi connectivity index (χ0) is 12.4. The topological polar surface area (TPSA) is 122 Å². The molecular formula is C8H17N3O5. The van der Waals surface area contributed by atoms with Gasteiger partial charge in [-0.1, -0.05) is 0 Å². The highest BCUT2D eigenvalue weighted by molar-refractivity contribution is 5.93. The van der Waals surface area contributed by atoms with Crippen molar-refractivity contribution in [2.24, 2.45) is 0 Å². The van der Waals surface area contributed by atoms with Crippen LogP contribution in [0.4, 0.5) is 9.59 Å². The van der Waals surface area contributed by atoms with Crippen molar-refractivity contribution >= 4 is 12.1 Å². The highest BCUT2D eigenvalue weighted by Gasteiger charge is 2.19. The van der Waals surface area contributed by atoms with Gasteiger partial charge in [0.25, 0.3) is 0 Å². The highest BCUT2D eigenvalue weighted by Crippen LogP contribution is 1.90. The van der Waals surface area contributed by atoms with Crippen molar-refractivity contribution in [3.05, 3.63) is 0 Å². The molecule has 0 rings (SSSR count). The normalized spacial score (nSPS) is 9.69. The number of carbonyl (C=O) groups excluding carboxylic acids is 2. The van der Waals surface area contributed by atoms with E-state index in [0.29, 0.717) is 0 Å². The molecule has 0 fully saturated rings. The Morgan fingerprint density at radius 2 is 1.31 bits per heavy atom. The molecule has 0 aromatic carbocycles. The van der Waals surface area contributed by atoms with Crippen LogP contribution in [0, 0.1) is 0 Å². The van der Waals surface area contributed by atoms with Crippen molar-refractivity contribution in [1.82, 2.24) is 15.5 Å². The molecule has 0 saturated carbocycles. The number of imide groups is 1. The largest absolute Gasteiger partial charge is 0.395 e. The van der Waals surface area contributed by atoms with Crippen LogP contribution in [-0.4, -0.2) is 71.7 Å². The Bertz CT molecular complexity index is 204. The van der Waals surface area contributed by atoms with E-state index in [1.165, 1.54) is 0 Å². The lowest BCUT2D eigenvalue weighted by Crippen LogP contribution is -2.50. The van der Waals surface area contributed by atoms with Crippen molar-refractivity contribution in [3.8, 4) is 0 Å². The summed E-state index contributed by atoms with van der Waals surface area (Å²) in [6.45, 7) is -0.955. The van der Waals surface area contributed by atoms with Gasteiger partial charge >= 0.3 is 12.1 Å². The van der Waals surface area contributed by atoms with Gasteiger partial charge in [-0.3, -0.25) is 0 Å². The summed E-state index contributed by atoms with van der Waals surface area (Å²) >= 11 is 0. The van der Waals surface area contributed by atoms with Crippen molar-refractivity contribution in [1.29, 1.82) is 0 Å². The van der Waals surface area contributed by atoms with Gasteiger partial charge in [0.1, 0.15) is 0 Å². The highest BCUT2D eigenvalue weighted by atomic mass is 16.3. The molecule has 0 aromatic heterocycles. The van der Waals surface area contributed by atoms with Crippen LogP contribution in [0.25, 0.3) is 0 Å². The minimum Gasteiger partial charge on any atom is -0.395 e. The molecule has 0 radical (unpaired) electrons. The van der Waals surface area contributed by atoms with Crippen LogP contribution in [-0.2, 0) is 0 Å². The zero-order valence-corrected chi connectivity index (χ0v) is 8.85. The first-order chi connectivity index (χ1) is 7.67. The number of hydrogen-bond acceptors (Lipinski definition) is 5. The van der Waals surface area contributed by atoms with E-state index in [1.807, 2.05) is 0 Å². The fourth-order valence-electron chi connectivity index (χ4n) is 0.912. The van der Waals surface area contributed by atoms with E-state index >= 15 is 0 Å². The Hall–Kier alpha value is -1.38. The van der Waals surface area contributed by atoms with Crippen molar-refractivity contribution in [3.63, 3.8) is 0 Å². The van der Waals surface area contributed by atoms with Gasteiger partial charge in [-0.15, -0.1) is 0 Å². The molecule has 8 nitrogen and oxygen atoms in total. The summed E-state index contributed by atoms with van der Waals surface area (Å²) in [5.74, 6) is 0. The summed E-state index contributed by atoms with van der Waals surface area (Å²) in [5.41, 5.74) is 0. The Morgan fingerprint density at radius 3 is 1.62 bits per heavy atom. The van der Waals surface area contributed by atoms with E-state index in [0.717, 1.165) is 4.90 Å². The summed E-state index contributed by atoms with van der Waals surface area (Å²) in [6.07, 6.45) is 0. The number of nitrogens with one attached hydrogen (secondary N) is 2. The van der Waals surface area contributed by atoms with E-state index in [2.05, 4.69) is 10.6 Å². The van der Waals surface area contributed by atoms with Gasteiger partial charge in [0.05, 0.1) is 26.4 Å². The van der Waals surface area contributed by atoms with Crippen molar-refractivity contribution < 1.29 is 24.9 Å². The molecule has 4 amide bonds. The molecule has 0 spiro atoms. The quantitative estimate of drug-likeness (QED) is 0.354. The summed E-state index contributed by atoms with van der Waals surface area (Å²) in [6, 6.07) is -1.42. The molecular weight excluding hydrogens is 218 g/mol. The SMILES string of the molecule is O=C(NCCO)N(CCO)C(=O)NCCO. The number of nitrogens with zero attached hydrogens (tertiary/aromatic N) is 1. The maximum Gasteiger partial charge on any atom is 0.325 e. The summed E-state index contributed by atoms with van der Waals surface area (Å²) in [5, 5.41) is 30.2. The molecule has 0 saturated heterocycles. The molecule has 8 heteroatoms. The van der Waals surface area contributed by atoms with Crippen LogP contribution in [0.15, 0.2) is 0 Å². The number of aliphatic hydroxyl groups excluding tert-OH is 3. The van der Waals surface area contributed by atoms with E-state index in [9.17, 15) is 9.59 Å². The Balaban J connectivity index is 4.22. The van der Waals surface area contributed by atoms with Crippen LogP contribution < -0.4 is 10.6 Å².